The zero-order valence-corrected chi connectivity index (χ0v) is 7.58. The maximum atomic E-state index is 10.9. The van der Waals surface area contributed by atoms with Gasteiger partial charge in [-0.15, -0.1) is 0 Å². The Kier molecular flexibility index (Phi) is 3.91. The van der Waals surface area contributed by atoms with E-state index in [9.17, 15) is 4.79 Å². The van der Waals surface area contributed by atoms with E-state index in [0.717, 1.165) is 25.6 Å². The van der Waals surface area contributed by atoms with E-state index in [-0.39, 0.29) is 12.1 Å². The summed E-state index contributed by atoms with van der Waals surface area (Å²) in [4.78, 5) is 10.9. The van der Waals surface area contributed by atoms with Crippen LogP contribution in [-0.2, 0) is 9.53 Å². The van der Waals surface area contributed by atoms with E-state index in [2.05, 4.69) is 20.0 Å². The molecule has 1 aliphatic rings. The highest BCUT2D eigenvalue weighted by molar-refractivity contribution is 6.09. The second-order valence-electron chi connectivity index (χ2n) is 3.12. The predicted molar refractivity (Wildman–Crippen MR) is 50.8 cm³/mol. The van der Waals surface area contributed by atoms with E-state index in [1.165, 1.54) is 0 Å². The first-order chi connectivity index (χ1) is 5.83. The van der Waals surface area contributed by atoms with Crippen LogP contribution in [0, 0.1) is 0 Å². The molecule has 0 spiro atoms. The first-order valence-electron chi connectivity index (χ1n) is 4.67. The molecule has 1 rings (SSSR count). The third-order valence-electron chi connectivity index (χ3n) is 2.01. The van der Waals surface area contributed by atoms with Gasteiger partial charge in [0.2, 0.25) is 0 Å². The van der Waals surface area contributed by atoms with Crippen LogP contribution in [0.2, 0.25) is 6.32 Å². The van der Waals surface area contributed by atoms with Crippen LogP contribution in [0.25, 0.3) is 0 Å². The lowest BCUT2D eigenvalue weighted by Gasteiger charge is -2.20. The molecule has 0 aromatic carbocycles. The summed E-state index contributed by atoms with van der Waals surface area (Å²) in [5.41, 5.74) is 0. The Morgan fingerprint density at radius 2 is 2.42 bits per heavy atom. The van der Waals surface area contributed by atoms with Crippen LogP contribution in [0.5, 0.6) is 0 Å². The first kappa shape index (κ1) is 9.36. The Balaban J connectivity index is 2.22. The Bertz CT molecular complexity index is 177. The third-order valence-corrected chi connectivity index (χ3v) is 2.01. The van der Waals surface area contributed by atoms with Crippen molar-refractivity contribution in [2.45, 2.75) is 38.1 Å². The van der Waals surface area contributed by atoms with Gasteiger partial charge in [-0.1, -0.05) is 18.5 Å². The molecule has 0 aromatic rings. The number of hydrogen-bond donors (Lipinski definition) is 0. The van der Waals surface area contributed by atoms with Crippen molar-refractivity contribution in [2.75, 3.05) is 0 Å². The number of esters is 1. The monoisotopic (exact) mass is 166 g/mol. The number of ether oxygens (including phenoxy) is 1. The summed E-state index contributed by atoms with van der Waals surface area (Å²) in [6.45, 7) is 0. The summed E-state index contributed by atoms with van der Waals surface area (Å²) in [6.07, 6.45) is 8.93. The van der Waals surface area contributed by atoms with E-state index >= 15 is 0 Å². The van der Waals surface area contributed by atoms with Gasteiger partial charge in [-0.3, -0.25) is 4.79 Å². The van der Waals surface area contributed by atoms with Gasteiger partial charge in [-0.05, 0) is 12.8 Å². The summed E-state index contributed by atoms with van der Waals surface area (Å²) >= 11 is 0. The Morgan fingerprint density at radius 1 is 1.58 bits per heavy atom. The Hall–Kier alpha value is -0.725. The van der Waals surface area contributed by atoms with Gasteiger partial charge in [0.15, 0.2) is 0 Å². The number of hydrogen-bond acceptors (Lipinski definition) is 2. The molecule has 1 atom stereocenters. The molecule has 0 aromatic heterocycles. The number of carbonyl (C=O) groups excluding carboxylic acids is 1. The molecule has 66 valence electrons. The van der Waals surface area contributed by atoms with Crippen molar-refractivity contribution >= 4 is 13.8 Å². The van der Waals surface area contributed by atoms with E-state index < -0.39 is 0 Å². The van der Waals surface area contributed by atoms with Crippen molar-refractivity contribution in [3.8, 4) is 0 Å². The largest absolute Gasteiger partial charge is 0.462 e. The lowest BCUT2D eigenvalue weighted by atomic mass is 10.0. The fourth-order valence-corrected chi connectivity index (χ4v) is 1.36. The van der Waals surface area contributed by atoms with Gasteiger partial charge >= 0.3 is 5.97 Å². The fourth-order valence-electron chi connectivity index (χ4n) is 1.36. The smallest absolute Gasteiger partial charge is 0.306 e. The van der Waals surface area contributed by atoms with Gasteiger partial charge in [0.1, 0.15) is 14.0 Å². The molecule has 0 aliphatic carbocycles. The van der Waals surface area contributed by atoms with E-state index in [4.69, 9.17) is 4.74 Å². The van der Waals surface area contributed by atoms with E-state index in [1.54, 1.807) is 0 Å². The fraction of sp³-hybridized carbons (Fsp3) is 0.667. The lowest BCUT2D eigenvalue weighted by molar-refractivity contribution is -0.153. The number of carbonyl (C=O) groups is 1. The second kappa shape index (κ2) is 5.02. The minimum absolute atomic E-state index is 0.0313. The van der Waals surface area contributed by atoms with Crippen LogP contribution in [0.3, 0.4) is 0 Å². The van der Waals surface area contributed by atoms with Crippen molar-refractivity contribution in [3.63, 3.8) is 0 Å². The molecule has 1 saturated heterocycles. The van der Waals surface area contributed by atoms with Crippen molar-refractivity contribution in [1.29, 1.82) is 0 Å². The molecule has 0 N–H and O–H groups in total. The molecule has 1 heterocycles. The van der Waals surface area contributed by atoms with Crippen LogP contribution in [0.1, 0.15) is 25.7 Å². The van der Waals surface area contributed by atoms with Crippen LogP contribution in [0.4, 0.5) is 0 Å². The van der Waals surface area contributed by atoms with Gasteiger partial charge in [-0.2, -0.15) is 0 Å². The molecular formula is C9H15BO2. The van der Waals surface area contributed by atoms with Crippen LogP contribution in [-0.4, -0.2) is 19.9 Å². The van der Waals surface area contributed by atoms with E-state index in [1.807, 2.05) is 0 Å². The molecule has 1 unspecified atom stereocenters. The number of rotatable bonds is 3. The standard InChI is InChI=1S/C9H15BO2/c10-7-2-1-4-8-5-3-6-9(11)12-8/h1-2,8H,3-7,10H2/b2-1-. The molecule has 0 saturated carbocycles. The molecular weight excluding hydrogens is 151 g/mol. The molecule has 0 amide bonds. The first-order valence-corrected chi connectivity index (χ1v) is 4.67. The highest BCUT2D eigenvalue weighted by Crippen LogP contribution is 2.16. The molecule has 2 nitrogen and oxygen atoms in total. The normalized spacial score (nSPS) is 24.3. The van der Waals surface area contributed by atoms with Gasteiger partial charge in [0, 0.05) is 12.8 Å². The number of allylic oxidation sites excluding steroid dienone is 1. The van der Waals surface area contributed by atoms with Crippen LogP contribution >= 0.6 is 0 Å². The van der Waals surface area contributed by atoms with Crippen LogP contribution < -0.4 is 0 Å². The molecule has 1 aliphatic heterocycles. The van der Waals surface area contributed by atoms with Crippen molar-refractivity contribution in [1.82, 2.24) is 0 Å². The molecule has 12 heavy (non-hydrogen) atoms. The van der Waals surface area contributed by atoms with Gasteiger partial charge in [-0.25, -0.2) is 0 Å². The summed E-state index contributed by atoms with van der Waals surface area (Å²) < 4.78 is 5.14. The summed E-state index contributed by atoms with van der Waals surface area (Å²) in [6, 6.07) is 0. The molecule has 3 heteroatoms. The topological polar surface area (TPSA) is 26.3 Å². The van der Waals surface area contributed by atoms with E-state index in [0.29, 0.717) is 6.42 Å². The average Bonchev–Trinajstić information content (AvgIpc) is 2.05. The highest BCUT2D eigenvalue weighted by Gasteiger charge is 2.18. The maximum absolute atomic E-state index is 10.9. The second-order valence-corrected chi connectivity index (χ2v) is 3.12. The molecule has 0 radical (unpaired) electrons. The zero-order chi connectivity index (χ0) is 8.81. The molecule has 1 fully saturated rings. The summed E-state index contributed by atoms with van der Waals surface area (Å²) in [5.74, 6) is -0.0313. The lowest BCUT2D eigenvalue weighted by Crippen LogP contribution is -2.22. The highest BCUT2D eigenvalue weighted by atomic mass is 16.5. The number of cyclic esters (lactones) is 1. The minimum Gasteiger partial charge on any atom is -0.462 e. The van der Waals surface area contributed by atoms with Gasteiger partial charge in [0.05, 0.1) is 0 Å². The summed E-state index contributed by atoms with van der Waals surface area (Å²) in [5, 5.41) is 0. The quantitative estimate of drug-likeness (QED) is 0.356. The van der Waals surface area contributed by atoms with Gasteiger partial charge in [0.25, 0.3) is 0 Å². The Labute approximate surface area is 74.4 Å². The van der Waals surface area contributed by atoms with Gasteiger partial charge < -0.3 is 4.74 Å². The zero-order valence-electron chi connectivity index (χ0n) is 7.58. The Morgan fingerprint density at radius 3 is 3.08 bits per heavy atom. The summed E-state index contributed by atoms with van der Waals surface area (Å²) in [7, 11) is 2.10. The van der Waals surface area contributed by atoms with Crippen LogP contribution in [0.15, 0.2) is 12.2 Å². The third kappa shape index (κ3) is 3.12. The predicted octanol–water partition coefficient (Wildman–Crippen LogP) is 1.08. The van der Waals surface area contributed by atoms with Crippen molar-refractivity contribution in [3.05, 3.63) is 12.2 Å². The molecule has 0 bridgehead atoms. The maximum Gasteiger partial charge on any atom is 0.306 e. The average molecular weight is 166 g/mol. The SMILES string of the molecule is BC/C=C\CC1CCCC(=O)O1. The van der Waals surface area contributed by atoms with Crippen molar-refractivity contribution < 1.29 is 9.53 Å². The minimum atomic E-state index is -0.0313. The van der Waals surface area contributed by atoms with Crippen molar-refractivity contribution in [2.24, 2.45) is 0 Å².